The lowest BCUT2D eigenvalue weighted by atomic mass is 9.78. The third-order valence-electron chi connectivity index (χ3n) is 4.28. The predicted octanol–water partition coefficient (Wildman–Crippen LogP) is 3.57. The van der Waals surface area contributed by atoms with Gasteiger partial charge in [0.1, 0.15) is 0 Å². The van der Waals surface area contributed by atoms with Gasteiger partial charge in [-0.05, 0) is 31.0 Å². The molecule has 1 fully saturated rings. The number of rotatable bonds is 3. The molecular weight excluding hydrogens is 321 g/mol. The standard InChI is InChI=1S/C16H17F3N4O/c17-16(18,19)13-5-2-1-4-12(13)15(24)22-11-6-7-14(20-10-11)23-9-3-8-21-23/h3,6-10,12-13H,1-2,4-5H2,(H,22,24)/t12-,13+/m0/s1. The fraction of sp³-hybridized carbons (Fsp3) is 0.438. The second kappa shape index (κ2) is 6.62. The molecule has 3 rings (SSSR count). The number of alkyl halides is 3. The lowest BCUT2D eigenvalue weighted by Gasteiger charge is -2.31. The molecule has 1 saturated carbocycles. The van der Waals surface area contributed by atoms with Gasteiger partial charge in [-0.15, -0.1) is 0 Å². The normalized spacial score (nSPS) is 21.5. The van der Waals surface area contributed by atoms with E-state index in [0.29, 0.717) is 24.3 Å². The van der Waals surface area contributed by atoms with E-state index in [2.05, 4.69) is 15.4 Å². The molecule has 5 nitrogen and oxygen atoms in total. The molecule has 1 amide bonds. The molecule has 0 aliphatic heterocycles. The van der Waals surface area contributed by atoms with Crippen molar-refractivity contribution in [3.05, 3.63) is 36.8 Å². The molecule has 1 N–H and O–H groups in total. The first-order chi connectivity index (χ1) is 11.4. The van der Waals surface area contributed by atoms with Crippen LogP contribution in [0.5, 0.6) is 0 Å². The van der Waals surface area contributed by atoms with Gasteiger partial charge in [-0.25, -0.2) is 9.67 Å². The van der Waals surface area contributed by atoms with Crippen LogP contribution in [0.1, 0.15) is 25.7 Å². The fourth-order valence-corrected chi connectivity index (χ4v) is 3.07. The van der Waals surface area contributed by atoms with Crippen molar-refractivity contribution < 1.29 is 18.0 Å². The lowest BCUT2D eigenvalue weighted by Crippen LogP contribution is -2.39. The number of carbonyl (C=O) groups is 1. The molecule has 0 unspecified atom stereocenters. The van der Waals surface area contributed by atoms with Crippen LogP contribution in [-0.4, -0.2) is 26.8 Å². The maximum absolute atomic E-state index is 13.1. The van der Waals surface area contributed by atoms with Crippen molar-refractivity contribution in [3.63, 3.8) is 0 Å². The van der Waals surface area contributed by atoms with Crippen molar-refractivity contribution in [2.24, 2.45) is 11.8 Å². The van der Waals surface area contributed by atoms with Crippen molar-refractivity contribution in [2.45, 2.75) is 31.9 Å². The van der Waals surface area contributed by atoms with Gasteiger partial charge in [-0.2, -0.15) is 18.3 Å². The summed E-state index contributed by atoms with van der Waals surface area (Å²) in [6.45, 7) is 0. The van der Waals surface area contributed by atoms with Crippen LogP contribution in [0.25, 0.3) is 5.82 Å². The Hall–Kier alpha value is -2.38. The first-order valence-electron chi connectivity index (χ1n) is 7.79. The highest BCUT2D eigenvalue weighted by Crippen LogP contribution is 2.41. The zero-order chi connectivity index (χ0) is 17.2. The van der Waals surface area contributed by atoms with Crippen LogP contribution in [0.4, 0.5) is 18.9 Å². The van der Waals surface area contributed by atoms with Gasteiger partial charge in [-0.1, -0.05) is 12.8 Å². The topological polar surface area (TPSA) is 59.8 Å². The molecule has 24 heavy (non-hydrogen) atoms. The SMILES string of the molecule is O=C(Nc1ccc(-n2cccn2)nc1)[C@H]1CCCC[C@H]1C(F)(F)F. The summed E-state index contributed by atoms with van der Waals surface area (Å²) in [6, 6.07) is 5.00. The monoisotopic (exact) mass is 338 g/mol. The first kappa shape index (κ1) is 16.5. The number of anilines is 1. The summed E-state index contributed by atoms with van der Waals surface area (Å²) in [7, 11) is 0. The molecule has 1 aliphatic rings. The quantitative estimate of drug-likeness (QED) is 0.931. The average Bonchev–Trinajstić information content (AvgIpc) is 3.09. The smallest absolute Gasteiger partial charge is 0.324 e. The molecular formula is C16H17F3N4O. The first-order valence-corrected chi connectivity index (χ1v) is 7.79. The Balaban J connectivity index is 1.69. The van der Waals surface area contributed by atoms with E-state index in [0.717, 1.165) is 0 Å². The van der Waals surface area contributed by atoms with Crippen molar-refractivity contribution in [1.29, 1.82) is 0 Å². The molecule has 2 atom stereocenters. The minimum atomic E-state index is -4.34. The Kier molecular flexibility index (Phi) is 4.55. The summed E-state index contributed by atoms with van der Waals surface area (Å²) in [5, 5.41) is 6.58. The Morgan fingerprint density at radius 3 is 2.67 bits per heavy atom. The van der Waals surface area contributed by atoms with Gasteiger partial charge in [0.05, 0.1) is 17.8 Å². The maximum Gasteiger partial charge on any atom is 0.392 e. The van der Waals surface area contributed by atoms with Gasteiger partial charge < -0.3 is 5.32 Å². The number of halogens is 3. The van der Waals surface area contributed by atoms with E-state index in [1.54, 1.807) is 35.3 Å². The van der Waals surface area contributed by atoms with Gasteiger partial charge in [0.15, 0.2) is 5.82 Å². The molecule has 0 bridgehead atoms. The van der Waals surface area contributed by atoms with E-state index in [9.17, 15) is 18.0 Å². The Morgan fingerprint density at radius 1 is 1.25 bits per heavy atom. The zero-order valence-electron chi connectivity index (χ0n) is 12.8. The van der Waals surface area contributed by atoms with E-state index in [4.69, 9.17) is 0 Å². The molecule has 0 saturated heterocycles. The lowest BCUT2D eigenvalue weighted by molar-refractivity contribution is -0.197. The summed E-state index contributed by atoms with van der Waals surface area (Å²) in [5.41, 5.74) is 0.377. The van der Waals surface area contributed by atoms with E-state index in [1.807, 2.05) is 0 Å². The minimum Gasteiger partial charge on any atom is -0.324 e. The van der Waals surface area contributed by atoms with E-state index in [1.165, 1.54) is 6.20 Å². The van der Waals surface area contributed by atoms with Crippen molar-refractivity contribution in [2.75, 3.05) is 5.32 Å². The van der Waals surface area contributed by atoms with Gasteiger partial charge in [0.25, 0.3) is 0 Å². The van der Waals surface area contributed by atoms with Crippen LogP contribution in [0, 0.1) is 11.8 Å². The Labute approximate surface area is 136 Å². The second-order valence-corrected chi connectivity index (χ2v) is 5.88. The van der Waals surface area contributed by atoms with Gasteiger partial charge in [0, 0.05) is 18.3 Å². The Morgan fingerprint density at radius 2 is 2.04 bits per heavy atom. The third kappa shape index (κ3) is 3.58. The van der Waals surface area contributed by atoms with Gasteiger partial charge >= 0.3 is 6.18 Å². The number of carbonyl (C=O) groups excluding carboxylic acids is 1. The maximum atomic E-state index is 13.1. The number of aromatic nitrogens is 3. The highest BCUT2D eigenvalue weighted by Gasteiger charge is 2.48. The van der Waals surface area contributed by atoms with E-state index >= 15 is 0 Å². The summed E-state index contributed by atoms with van der Waals surface area (Å²) in [4.78, 5) is 16.4. The Bertz CT molecular complexity index is 682. The van der Waals surface area contributed by atoms with E-state index < -0.39 is 23.9 Å². The molecule has 1 aliphatic carbocycles. The van der Waals surface area contributed by atoms with Crippen molar-refractivity contribution >= 4 is 11.6 Å². The van der Waals surface area contributed by atoms with Crippen LogP contribution in [0.2, 0.25) is 0 Å². The summed E-state index contributed by atoms with van der Waals surface area (Å²) in [6.07, 6.45) is 1.82. The molecule has 0 aromatic carbocycles. The van der Waals surface area contributed by atoms with Crippen LogP contribution in [-0.2, 0) is 4.79 Å². The van der Waals surface area contributed by atoms with Crippen LogP contribution >= 0.6 is 0 Å². The third-order valence-corrected chi connectivity index (χ3v) is 4.28. The number of nitrogens with zero attached hydrogens (tertiary/aromatic N) is 3. The average molecular weight is 338 g/mol. The molecule has 0 spiro atoms. The van der Waals surface area contributed by atoms with Gasteiger partial charge in [-0.3, -0.25) is 4.79 Å². The van der Waals surface area contributed by atoms with Crippen molar-refractivity contribution in [1.82, 2.24) is 14.8 Å². The second-order valence-electron chi connectivity index (χ2n) is 5.88. The molecule has 2 aromatic heterocycles. The summed E-state index contributed by atoms with van der Waals surface area (Å²) in [5.74, 6) is -2.64. The highest BCUT2D eigenvalue weighted by atomic mass is 19.4. The van der Waals surface area contributed by atoms with Gasteiger partial charge in [0.2, 0.25) is 5.91 Å². The molecule has 128 valence electrons. The summed E-state index contributed by atoms with van der Waals surface area (Å²) < 4.78 is 40.8. The zero-order valence-corrected chi connectivity index (χ0v) is 12.8. The summed E-state index contributed by atoms with van der Waals surface area (Å²) >= 11 is 0. The van der Waals surface area contributed by atoms with Crippen molar-refractivity contribution in [3.8, 4) is 5.82 Å². The van der Waals surface area contributed by atoms with Crippen LogP contribution in [0.15, 0.2) is 36.8 Å². The molecule has 0 radical (unpaired) electrons. The highest BCUT2D eigenvalue weighted by molar-refractivity contribution is 5.92. The number of pyridine rings is 1. The van der Waals surface area contributed by atoms with Crippen LogP contribution < -0.4 is 5.32 Å². The minimum absolute atomic E-state index is 0.0120. The molecule has 2 heterocycles. The number of hydrogen-bond donors (Lipinski definition) is 1. The largest absolute Gasteiger partial charge is 0.392 e. The number of amides is 1. The fourth-order valence-electron chi connectivity index (χ4n) is 3.07. The van der Waals surface area contributed by atoms with E-state index in [-0.39, 0.29) is 12.8 Å². The molecule has 8 heteroatoms. The number of nitrogens with one attached hydrogen (secondary N) is 1. The predicted molar refractivity (Wildman–Crippen MR) is 81.5 cm³/mol. The number of hydrogen-bond acceptors (Lipinski definition) is 3. The molecule has 2 aromatic rings. The van der Waals surface area contributed by atoms with Crippen LogP contribution in [0.3, 0.4) is 0 Å².